The van der Waals surface area contributed by atoms with Crippen LogP contribution in [0.3, 0.4) is 0 Å². The lowest BCUT2D eigenvalue weighted by Crippen LogP contribution is -2.25. The Morgan fingerprint density at radius 2 is 2.00 bits per heavy atom. The Bertz CT molecular complexity index is 251. The van der Waals surface area contributed by atoms with Gasteiger partial charge in [-0.2, -0.15) is 0 Å². The Labute approximate surface area is 90.9 Å². The summed E-state index contributed by atoms with van der Waals surface area (Å²) in [7, 11) is 0. The third-order valence-corrected chi connectivity index (χ3v) is 2.31. The molecule has 0 aliphatic carbocycles. The fourth-order valence-corrected chi connectivity index (χ4v) is 1.46. The van der Waals surface area contributed by atoms with Gasteiger partial charge in [-0.3, -0.25) is 0 Å². The van der Waals surface area contributed by atoms with Crippen molar-refractivity contribution < 1.29 is 9.84 Å². The zero-order valence-corrected chi connectivity index (χ0v) is 8.93. The van der Waals surface area contributed by atoms with Crippen molar-refractivity contribution in [2.45, 2.75) is 18.9 Å². The van der Waals surface area contributed by atoms with Gasteiger partial charge in [-0.05, 0) is 18.4 Å². The highest BCUT2D eigenvalue weighted by Gasteiger charge is 2.06. The Morgan fingerprint density at radius 1 is 1.27 bits per heavy atom. The Morgan fingerprint density at radius 3 is 2.60 bits per heavy atom. The normalized spacial score (nSPS) is 12.7. The van der Waals surface area contributed by atoms with Crippen molar-refractivity contribution in [3.8, 4) is 0 Å². The van der Waals surface area contributed by atoms with Gasteiger partial charge in [-0.25, -0.2) is 0 Å². The number of nitrogens with two attached hydrogens (primary N) is 1. The topological polar surface area (TPSA) is 55.5 Å². The van der Waals surface area contributed by atoms with Crippen LogP contribution in [0.15, 0.2) is 30.3 Å². The molecule has 3 nitrogen and oxygen atoms in total. The molecule has 0 heterocycles. The minimum atomic E-state index is 0.0531. The molecule has 0 aromatic heterocycles. The number of hydrogen-bond acceptors (Lipinski definition) is 3. The Kier molecular flexibility index (Phi) is 6.00. The molecule has 0 amide bonds. The Hall–Kier alpha value is -0.900. The van der Waals surface area contributed by atoms with Gasteiger partial charge in [0.1, 0.15) is 0 Å². The number of benzene rings is 1. The van der Waals surface area contributed by atoms with Gasteiger partial charge in [0.15, 0.2) is 0 Å². The minimum Gasteiger partial charge on any atom is -0.394 e. The van der Waals surface area contributed by atoms with Crippen molar-refractivity contribution in [2.75, 3.05) is 19.8 Å². The summed E-state index contributed by atoms with van der Waals surface area (Å²) < 4.78 is 5.39. The van der Waals surface area contributed by atoms with E-state index < -0.39 is 0 Å². The first-order valence-electron chi connectivity index (χ1n) is 5.33. The number of ether oxygens (including phenoxy) is 1. The third kappa shape index (κ3) is 4.93. The zero-order valence-electron chi connectivity index (χ0n) is 8.93. The van der Waals surface area contributed by atoms with E-state index >= 15 is 0 Å². The van der Waals surface area contributed by atoms with E-state index in [0.717, 1.165) is 12.8 Å². The molecular formula is C12H19NO2. The van der Waals surface area contributed by atoms with Crippen molar-refractivity contribution in [3.05, 3.63) is 35.9 Å². The van der Waals surface area contributed by atoms with Crippen molar-refractivity contribution in [3.63, 3.8) is 0 Å². The summed E-state index contributed by atoms with van der Waals surface area (Å²) in [6.45, 7) is 0.936. The first-order chi connectivity index (χ1) is 7.36. The summed E-state index contributed by atoms with van der Waals surface area (Å²) in [5.74, 6) is 0. The van der Waals surface area contributed by atoms with Gasteiger partial charge in [-0.15, -0.1) is 0 Å². The second-order valence-electron chi connectivity index (χ2n) is 3.48. The lowest BCUT2D eigenvalue weighted by molar-refractivity contribution is 0.0294. The highest BCUT2D eigenvalue weighted by atomic mass is 16.5. The van der Waals surface area contributed by atoms with Crippen LogP contribution in [-0.2, 0) is 11.2 Å². The number of rotatable bonds is 7. The monoisotopic (exact) mass is 209 g/mol. The van der Waals surface area contributed by atoms with Crippen molar-refractivity contribution in [2.24, 2.45) is 5.73 Å². The second kappa shape index (κ2) is 7.40. The summed E-state index contributed by atoms with van der Waals surface area (Å²) in [5.41, 5.74) is 6.87. The van der Waals surface area contributed by atoms with Gasteiger partial charge in [0.2, 0.25) is 0 Å². The van der Waals surface area contributed by atoms with Gasteiger partial charge >= 0.3 is 0 Å². The summed E-state index contributed by atoms with van der Waals surface area (Å²) >= 11 is 0. The van der Waals surface area contributed by atoms with Crippen LogP contribution in [0.4, 0.5) is 0 Å². The van der Waals surface area contributed by atoms with Crippen LogP contribution < -0.4 is 5.73 Å². The summed E-state index contributed by atoms with van der Waals surface area (Å²) in [4.78, 5) is 0. The number of aliphatic hydroxyl groups is 1. The van der Waals surface area contributed by atoms with Crippen LogP contribution >= 0.6 is 0 Å². The molecule has 1 aromatic rings. The van der Waals surface area contributed by atoms with E-state index in [2.05, 4.69) is 12.1 Å². The zero-order chi connectivity index (χ0) is 10.9. The quantitative estimate of drug-likeness (QED) is 0.703. The maximum absolute atomic E-state index is 8.63. The molecule has 15 heavy (non-hydrogen) atoms. The molecule has 84 valence electrons. The van der Waals surface area contributed by atoms with E-state index in [4.69, 9.17) is 15.6 Å². The molecule has 0 saturated heterocycles. The molecule has 0 bridgehead atoms. The predicted octanol–water partition coefficient (Wildman–Crippen LogP) is 0.955. The van der Waals surface area contributed by atoms with Crippen molar-refractivity contribution in [1.82, 2.24) is 0 Å². The molecular weight excluding hydrogens is 190 g/mol. The van der Waals surface area contributed by atoms with E-state index in [0.29, 0.717) is 13.2 Å². The van der Waals surface area contributed by atoms with Gasteiger partial charge in [0.05, 0.1) is 19.3 Å². The standard InChI is InChI=1S/C12H19NO2/c13-10-12(15-9-8-14)7-6-11-4-2-1-3-5-11/h1-5,12,14H,6-10,13H2. The van der Waals surface area contributed by atoms with Crippen LogP contribution in [0.2, 0.25) is 0 Å². The fraction of sp³-hybridized carbons (Fsp3) is 0.500. The van der Waals surface area contributed by atoms with Crippen LogP contribution in [-0.4, -0.2) is 31.0 Å². The summed E-state index contributed by atoms with van der Waals surface area (Å²) in [6, 6.07) is 10.3. The minimum absolute atomic E-state index is 0.0531. The lowest BCUT2D eigenvalue weighted by Gasteiger charge is -2.14. The molecule has 0 fully saturated rings. The Balaban J connectivity index is 2.28. The molecule has 0 radical (unpaired) electrons. The second-order valence-corrected chi connectivity index (χ2v) is 3.48. The van der Waals surface area contributed by atoms with Crippen LogP contribution in [0, 0.1) is 0 Å². The first-order valence-corrected chi connectivity index (χ1v) is 5.33. The van der Waals surface area contributed by atoms with E-state index in [1.54, 1.807) is 0 Å². The summed E-state index contributed by atoms with van der Waals surface area (Å²) in [5, 5.41) is 8.63. The van der Waals surface area contributed by atoms with Gasteiger partial charge in [0, 0.05) is 6.54 Å². The molecule has 0 aliphatic rings. The average molecular weight is 209 g/mol. The molecule has 0 spiro atoms. The van der Waals surface area contributed by atoms with Crippen LogP contribution in [0.25, 0.3) is 0 Å². The number of aliphatic hydroxyl groups excluding tert-OH is 1. The van der Waals surface area contributed by atoms with Gasteiger partial charge in [0.25, 0.3) is 0 Å². The molecule has 3 heteroatoms. The molecule has 1 aromatic carbocycles. The van der Waals surface area contributed by atoms with E-state index in [1.807, 2.05) is 18.2 Å². The number of aryl methyl sites for hydroxylation is 1. The number of hydrogen-bond donors (Lipinski definition) is 2. The summed E-state index contributed by atoms with van der Waals surface area (Å²) in [6.07, 6.45) is 1.92. The lowest BCUT2D eigenvalue weighted by atomic mass is 10.1. The highest BCUT2D eigenvalue weighted by Crippen LogP contribution is 2.06. The molecule has 1 rings (SSSR count). The SMILES string of the molecule is NCC(CCc1ccccc1)OCCO. The van der Waals surface area contributed by atoms with Crippen molar-refractivity contribution >= 4 is 0 Å². The largest absolute Gasteiger partial charge is 0.394 e. The first kappa shape index (κ1) is 12.2. The van der Waals surface area contributed by atoms with E-state index in [-0.39, 0.29) is 12.7 Å². The maximum atomic E-state index is 8.63. The molecule has 0 saturated carbocycles. The fourth-order valence-electron chi connectivity index (χ4n) is 1.46. The van der Waals surface area contributed by atoms with Crippen molar-refractivity contribution in [1.29, 1.82) is 0 Å². The molecule has 0 aliphatic heterocycles. The predicted molar refractivity (Wildman–Crippen MR) is 60.6 cm³/mol. The molecule has 1 atom stereocenters. The van der Waals surface area contributed by atoms with Crippen LogP contribution in [0.1, 0.15) is 12.0 Å². The molecule has 3 N–H and O–H groups in total. The third-order valence-electron chi connectivity index (χ3n) is 2.31. The smallest absolute Gasteiger partial charge is 0.0702 e. The molecule has 1 unspecified atom stereocenters. The maximum Gasteiger partial charge on any atom is 0.0702 e. The van der Waals surface area contributed by atoms with Crippen LogP contribution in [0.5, 0.6) is 0 Å². The van der Waals surface area contributed by atoms with Gasteiger partial charge in [-0.1, -0.05) is 30.3 Å². The highest BCUT2D eigenvalue weighted by molar-refractivity contribution is 5.14. The van der Waals surface area contributed by atoms with E-state index in [9.17, 15) is 0 Å². The average Bonchev–Trinajstić information content (AvgIpc) is 2.31. The van der Waals surface area contributed by atoms with Gasteiger partial charge < -0.3 is 15.6 Å². The van der Waals surface area contributed by atoms with E-state index in [1.165, 1.54) is 5.56 Å².